The number of esters is 1. The molecule has 1 heterocycles. The van der Waals surface area contributed by atoms with Gasteiger partial charge in [-0.05, 0) is 265 Å². The largest absolute Gasteiger partial charge is 0.508 e. The van der Waals surface area contributed by atoms with Crippen molar-refractivity contribution in [2.24, 2.45) is 23.7 Å². The molecule has 1 saturated heterocycles. The average Bonchev–Trinajstić information content (AvgIpc) is 1.31. The number of benzene rings is 10. The van der Waals surface area contributed by atoms with E-state index in [2.05, 4.69) is 83.1 Å². The molecule has 2 aliphatic carbocycles. The lowest BCUT2D eigenvalue weighted by Gasteiger charge is -2.29. The van der Waals surface area contributed by atoms with Crippen LogP contribution in [0.1, 0.15) is 260 Å². The number of aromatic hydroxyl groups is 10. The Morgan fingerprint density at radius 3 is 1.40 bits per heavy atom. The predicted molar refractivity (Wildman–Crippen MR) is 479 cm³/mol. The van der Waals surface area contributed by atoms with Gasteiger partial charge in [-0.2, -0.15) is 0 Å². The van der Waals surface area contributed by atoms with Crippen LogP contribution in [0, 0.1) is 51.4 Å². The van der Waals surface area contributed by atoms with Gasteiger partial charge >= 0.3 is 5.97 Å². The summed E-state index contributed by atoms with van der Waals surface area (Å²) in [5, 5.41) is 116. The number of epoxide rings is 1. The summed E-state index contributed by atoms with van der Waals surface area (Å²) in [4.78, 5) is 31.5. The minimum absolute atomic E-state index is 0. The average molecular weight is 1650 g/mol. The van der Waals surface area contributed by atoms with E-state index in [1.165, 1.54) is 101 Å². The summed E-state index contributed by atoms with van der Waals surface area (Å²) in [5.74, 6) is 3.24. The third-order valence-electron chi connectivity index (χ3n) is 23.2. The van der Waals surface area contributed by atoms with E-state index in [0.717, 1.165) is 103 Å². The lowest BCUT2D eigenvalue weighted by molar-refractivity contribution is -0.298. The van der Waals surface area contributed by atoms with Crippen LogP contribution in [0.3, 0.4) is 0 Å². The van der Waals surface area contributed by atoms with Crippen molar-refractivity contribution in [1.29, 1.82) is 0 Å². The molecule has 650 valence electrons. The van der Waals surface area contributed by atoms with E-state index in [0.29, 0.717) is 128 Å². The molecule has 11 N–H and O–H groups in total. The first-order valence-corrected chi connectivity index (χ1v) is 42.4. The maximum atomic E-state index is 11.6. The zero-order valence-corrected chi connectivity index (χ0v) is 70.7. The standard InChI is InChI=1S/C33H40O3.C22H18O2.C21H20O5.C12H22O5.C12H26O3.2CH4/c1-21-16-31(35)29(23-10-5-3-6-11-23)19-27(21)33(25-14-9-15-26(34)18-25)28-20-30(32(36)17-22(28)2)24-12-7-4-8-13-24;1-14-21(23)11-10-17(22(14)24)13-20-18-8-4-2-6-15(18)12-16-7-3-5-9-19(16)20;1-12-6-15(8-13-2-4-17(22)10-19(13)24)21(26)16(7-12)9-14-3-5-18(23)11-20(14)25;1-4-10(7-16-15-5-2)6-9(3)12(13)17-11-8-14-11;1-4-12(10-15-14-5-2)9-11(3)7-6-8-13;;/h9,14-20,23-24,33-36H,3-8,10-13H2,1-2H3;2-12,23-24H,13H2,1H3;2-7,10-11,22-26H,8-9H2,1H3;9-11H,4-8H2,1-3H3;11-13H,4-10H2,1-3H3;2*1H4. The van der Waals surface area contributed by atoms with Crippen molar-refractivity contribution in [2.75, 3.05) is 39.6 Å². The van der Waals surface area contributed by atoms with Gasteiger partial charge in [0.05, 0.1) is 32.3 Å². The topological polar surface area (TPSA) is 298 Å². The summed E-state index contributed by atoms with van der Waals surface area (Å²) in [5.41, 5.74) is 13.5. The molecule has 10 aromatic carbocycles. The Hall–Kier alpha value is -10.1. The molecule has 120 heavy (non-hydrogen) atoms. The fourth-order valence-electron chi connectivity index (χ4n) is 16.4. The number of ether oxygens (including phenoxy) is 2. The normalized spacial score (nSPS) is 14.8. The van der Waals surface area contributed by atoms with Crippen molar-refractivity contribution in [3.63, 3.8) is 0 Å². The second-order valence-electron chi connectivity index (χ2n) is 32.3. The van der Waals surface area contributed by atoms with Crippen molar-refractivity contribution in [3.05, 3.63) is 247 Å². The predicted octanol–water partition coefficient (Wildman–Crippen LogP) is 23.7. The number of aliphatic hydroxyl groups excluding tert-OH is 1. The number of rotatable bonds is 30. The number of aliphatic hydroxyl groups is 1. The molecule has 18 nitrogen and oxygen atoms in total. The molecule has 0 spiro atoms. The molecule has 10 aromatic rings. The molecule has 3 fully saturated rings. The number of phenols is 10. The Balaban J connectivity index is 0.000000213. The maximum Gasteiger partial charge on any atom is 0.311 e. The Kier molecular flexibility index (Phi) is 39.2. The van der Waals surface area contributed by atoms with Gasteiger partial charge in [-0.3, -0.25) is 4.79 Å². The van der Waals surface area contributed by atoms with E-state index in [1.54, 1.807) is 37.3 Å². The Morgan fingerprint density at radius 1 is 0.467 bits per heavy atom. The lowest BCUT2D eigenvalue weighted by atomic mass is 9.76. The number of hydrogen-bond acceptors (Lipinski definition) is 18. The first-order valence-electron chi connectivity index (χ1n) is 42.4. The van der Waals surface area contributed by atoms with Gasteiger partial charge in [-0.15, -0.1) is 0 Å². The third-order valence-corrected chi connectivity index (χ3v) is 23.2. The quantitative estimate of drug-likeness (QED) is 0.00379. The zero-order chi connectivity index (χ0) is 85.0. The van der Waals surface area contributed by atoms with Gasteiger partial charge in [0.1, 0.15) is 64.1 Å². The summed E-state index contributed by atoms with van der Waals surface area (Å²) in [6, 6.07) is 50.6. The summed E-state index contributed by atoms with van der Waals surface area (Å²) < 4.78 is 9.91. The summed E-state index contributed by atoms with van der Waals surface area (Å²) in [6.45, 7) is 23.1. The van der Waals surface area contributed by atoms with Gasteiger partial charge in [0, 0.05) is 49.5 Å². The Labute approximate surface area is 711 Å². The summed E-state index contributed by atoms with van der Waals surface area (Å²) >= 11 is 0. The summed E-state index contributed by atoms with van der Waals surface area (Å²) in [7, 11) is 0. The van der Waals surface area contributed by atoms with E-state index in [4.69, 9.17) is 34.1 Å². The number of carbonyl (C=O) groups excluding carboxylic acids is 1. The van der Waals surface area contributed by atoms with Crippen molar-refractivity contribution >= 4 is 27.5 Å². The molecule has 5 unspecified atom stereocenters. The molecule has 0 radical (unpaired) electrons. The second-order valence-corrected chi connectivity index (χ2v) is 32.3. The Morgan fingerprint density at radius 2 is 0.942 bits per heavy atom. The van der Waals surface area contributed by atoms with Crippen LogP contribution in [-0.4, -0.2) is 108 Å². The van der Waals surface area contributed by atoms with E-state index >= 15 is 0 Å². The number of hydrogen-bond donors (Lipinski definition) is 11. The third kappa shape index (κ3) is 28.0. The van der Waals surface area contributed by atoms with Crippen molar-refractivity contribution < 1.29 is 90.0 Å². The molecular weight excluding hydrogens is 1510 g/mol. The highest BCUT2D eigenvalue weighted by Crippen LogP contribution is 2.47. The molecular formula is C102H134O18. The van der Waals surface area contributed by atoms with Crippen molar-refractivity contribution in [3.8, 4) is 57.5 Å². The van der Waals surface area contributed by atoms with Crippen LogP contribution in [-0.2, 0) is 53.1 Å². The van der Waals surface area contributed by atoms with Gasteiger partial charge in [-0.25, -0.2) is 19.6 Å². The van der Waals surface area contributed by atoms with Crippen LogP contribution in [0.4, 0.5) is 0 Å². The molecule has 3 aliphatic rings. The van der Waals surface area contributed by atoms with Crippen LogP contribution >= 0.6 is 0 Å². The van der Waals surface area contributed by atoms with Gasteiger partial charge in [0.15, 0.2) is 0 Å². The lowest BCUT2D eigenvalue weighted by Crippen LogP contribution is -2.21. The molecule has 5 atom stereocenters. The molecule has 2 saturated carbocycles. The SMILES string of the molecule is C.C.CCOOCC(CC)CC(C)C(=O)OC1CO1.CCOOCC(CC)CC(C)CCCO.Cc1c(O)ccc(Cc2c3ccccc3cc3ccccc23)c1O.Cc1cc(Cc2ccc(O)cc2O)c(O)c(Cc2ccc(O)cc2O)c1.Cc1cc(O)c(C2CCCCC2)cc1C(c1cccc(O)c1)c1cc(C2CCCCC2)c(O)cc1C. The van der Waals surface area contributed by atoms with Crippen LogP contribution in [0.15, 0.2) is 164 Å². The second kappa shape index (κ2) is 48.4. The van der Waals surface area contributed by atoms with Gasteiger partial charge < -0.3 is 65.6 Å². The summed E-state index contributed by atoms with van der Waals surface area (Å²) in [6.07, 6.45) is 18.8. The van der Waals surface area contributed by atoms with E-state index < -0.39 is 0 Å². The van der Waals surface area contributed by atoms with Crippen LogP contribution in [0.2, 0.25) is 0 Å². The number of carbonyl (C=O) groups is 1. The van der Waals surface area contributed by atoms with Crippen molar-refractivity contribution in [2.45, 2.75) is 230 Å². The van der Waals surface area contributed by atoms with Crippen LogP contribution in [0.5, 0.6) is 57.5 Å². The number of fused-ring (bicyclic) bond motifs is 2. The van der Waals surface area contributed by atoms with E-state index in [1.807, 2.05) is 88.4 Å². The fourth-order valence-corrected chi connectivity index (χ4v) is 16.4. The maximum absolute atomic E-state index is 11.6. The van der Waals surface area contributed by atoms with Gasteiger partial charge in [-0.1, -0.05) is 203 Å². The van der Waals surface area contributed by atoms with Crippen molar-refractivity contribution in [1.82, 2.24) is 0 Å². The number of phenolic OH excluding ortho intramolecular Hbond substituents is 10. The molecule has 0 bridgehead atoms. The minimum Gasteiger partial charge on any atom is -0.508 e. The number of aryl methyl sites for hydroxylation is 3. The molecule has 0 amide bonds. The molecule has 1 aliphatic heterocycles. The van der Waals surface area contributed by atoms with Crippen LogP contribution in [0.25, 0.3) is 21.5 Å². The Bertz CT molecular complexity index is 4640. The first-order chi connectivity index (χ1) is 56.8. The molecule has 0 aromatic heterocycles. The zero-order valence-electron chi connectivity index (χ0n) is 70.7. The fraction of sp³-hybridized carbons (Fsp3) is 0.441. The van der Waals surface area contributed by atoms with Gasteiger partial charge in [0.25, 0.3) is 0 Å². The first kappa shape index (κ1) is 97.1. The highest BCUT2D eigenvalue weighted by molar-refractivity contribution is 6.02. The van der Waals surface area contributed by atoms with E-state index in [-0.39, 0.29) is 84.9 Å². The highest BCUT2D eigenvalue weighted by atomic mass is 17.2. The van der Waals surface area contributed by atoms with Gasteiger partial charge in [0.2, 0.25) is 6.29 Å². The highest BCUT2D eigenvalue weighted by Gasteiger charge is 2.32. The molecule has 18 heteroatoms. The minimum atomic E-state index is -0.301. The van der Waals surface area contributed by atoms with Crippen LogP contribution < -0.4 is 0 Å². The molecule has 13 rings (SSSR count). The van der Waals surface area contributed by atoms with E-state index in [9.17, 15) is 55.9 Å². The monoisotopic (exact) mass is 1650 g/mol. The smallest absolute Gasteiger partial charge is 0.311 e.